The quantitative estimate of drug-likeness (QED) is 0.562. The average Bonchev–Trinajstić information content (AvgIpc) is 2.39. The number of hydrogen-bond acceptors (Lipinski definition) is 4. The van der Waals surface area contributed by atoms with E-state index in [2.05, 4.69) is 17.3 Å². The lowest BCUT2D eigenvalue weighted by Crippen LogP contribution is -2.39. The van der Waals surface area contributed by atoms with E-state index in [1.165, 1.54) is 6.42 Å². The van der Waals surface area contributed by atoms with Crippen LogP contribution in [-0.2, 0) is 0 Å². The summed E-state index contributed by atoms with van der Waals surface area (Å²) in [5.74, 6) is 0.0738. The molecule has 0 saturated carbocycles. The van der Waals surface area contributed by atoms with Gasteiger partial charge in [-0.1, -0.05) is 6.07 Å². The van der Waals surface area contributed by atoms with Crippen LogP contribution in [0.25, 0.3) is 0 Å². The molecule has 0 spiro atoms. The van der Waals surface area contributed by atoms with Crippen LogP contribution in [0.2, 0.25) is 0 Å². The molecule has 1 heterocycles. The van der Waals surface area contributed by atoms with Crippen LogP contribution >= 0.6 is 0 Å². The van der Waals surface area contributed by atoms with E-state index in [0.29, 0.717) is 12.5 Å². The minimum atomic E-state index is -0.266. The van der Waals surface area contributed by atoms with Gasteiger partial charge in [-0.2, -0.15) is 0 Å². The first-order chi connectivity index (χ1) is 9.08. The van der Waals surface area contributed by atoms with Crippen molar-refractivity contribution in [2.45, 2.75) is 12.8 Å². The molecular weight excluding hydrogens is 242 g/mol. The molecule has 1 aromatic carbocycles. The number of nitrogens with one attached hydrogen (secondary N) is 1. The smallest absolute Gasteiger partial charge is 0.255 e. The maximum atomic E-state index is 12.0. The van der Waals surface area contributed by atoms with Gasteiger partial charge in [-0.25, -0.2) is 0 Å². The number of rotatable bonds is 3. The number of likely N-dealkylation sites (tertiary alicyclic amines) is 1. The fourth-order valence-electron chi connectivity index (χ4n) is 2.52. The maximum Gasteiger partial charge on any atom is 0.255 e. The summed E-state index contributed by atoms with van der Waals surface area (Å²) >= 11 is 0. The Morgan fingerprint density at radius 2 is 2.37 bits per heavy atom. The Kier molecular flexibility index (Phi) is 4.27. The molecule has 2 rings (SSSR count). The molecule has 0 aliphatic carbocycles. The van der Waals surface area contributed by atoms with Crippen molar-refractivity contribution in [1.29, 1.82) is 0 Å². The average molecular weight is 263 g/mol. The lowest BCUT2D eigenvalue weighted by molar-refractivity contribution is 0.0934. The molecule has 1 unspecified atom stereocenters. The number of hydrogen-bond donors (Lipinski definition) is 3. The van der Waals surface area contributed by atoms with E-state index in [-0.39, 0.29) is 22.9 Å². The Morgan fingerprint density at radius 3 is 3.11 bits per heavy atom. The standard InChI is InChI=1S/C14H21N3O2/c1-17-7-3-4-10(9-17)8-16-14(19)11-5-2-6-12(15)13(11)18/h2,5-6,10,18H,3-4,7-9,15H2,1H3,(H,16,19). The SMILES string of the molecule is CN1CCCC(CNC(=O)c2cccc(N)c2O)C1. The van der Waals surface area contributed by atoms with Crippen molar-refractivity contribution >= 4 is 11.6 Å². The highest BCUT2D eigenvalue weighted by molar-refractivity contribution is 5.98. The molecule has 1 aliphatic heterocycles. The van der Waals surface area contributed by atoms with Gasteiger partial charge in [0.1, 0.15) is 0 Å². The first-order valence-electron chi connectivity index (χ1n) is 6.62. The molecule has 5 nitrogen and oxygen atoms in total. The summed E-state index contributed by atoms with van der Waals surface area (Å²) in [5.41, 5.74) is 6.05. The Labute approximate surface area is 113 Å². The minimum Gasteiger partial charge on any atom is -0.505 e. The molecule has 0 bridgehead atoms. The zero-order valence-electron chi connectivity index (χ0n) is 11.2. The van der Waals surface area contributed by atoms with E-state index in [0.717, 1.165) is 19.5 Å². The normalized spacial score (nSPS) is 20.2. The molecule has 0 aromatic heterocycles. The van der Waals surface area contributed by atoms with Crippen molar-refractivity contribution in [3.05, 3.63) is 23.8 Å². The number of carbonyl (C=O) groups excluding carboxylic acids is 1. The van der Waals surface area contributed by atoms with Gasteiger partial charge in [0, 0.05) is 13.1 Å². The molecule has 104 valence electrons. The summed E-state index contributed by atoms with van der Waals surface area (Å²) in [4.78, 5) is 14.3. The molecule has 1 amide bonds. The summed E-state index contributed by atoms with van der Waals surface area (Å²) in [6.45, 7) is 2.76. The van der Waals surface area contributed by atoms with E-state index < -0.39 is 0 Å². The molecule has 1 fully saturated rings. The number of phenols is 1. The first-order valence-corrected chi connectivity index (χ1v) is 6.62. The maximum absolute atomic E-state index is 12.0. The Balaban J connectivity index is 1.92. The second-order valence-corrected chi connectivity index (χ2v) is 5.22. The van der Waals surface area contributed by atoms with Crippen LogP contribution < -0.4 is 11.1 Å². The number of anilines is 1. The Bertz CT molecular complexity index is 462. The molecular formula is C14H21N3O2. The number of nitrogens with two attached hydrogens (primary N) is 1. The predicted octanol–water partition coefficient (Wildman–Crippen LogP) is 1.05. The lowest BCUT2D eigenvalue weighted by Gasteiger charge is -2.29. The second kappa shape index (κ2) is 5.93. The summed E-state index contributed by atoms with van der Waals surface area (Å²) in [5, 5.41) is 12.6. The van der Waals surface area contributed by atoms with Crippen LogP contribution in [0.3, 0.4) is 0 Å². The summed E-state index contributed by atoms with van der Waals surface area (Å²) < 4.78 is 0. The highest BCUT2D eigenvalue weighted by atomic mass is 16.3. The van der Waals surface area contributed by atoms with Gasteiger partial charge in [0.05, 0.1) is 11.3 Å². The largest absolute Gasteiger partial charge is 0.505 e. The van der Waals surface area contributed by atoms with Crippen molar-refractivity contribution in [3.63, 3.8) is 0 Å². The summed E-state index contributed by atoms with van der Waals surface area (Å²) in [6, 6.07) is 4.81. The highest BCUT2D eigenvalue weighted by Crippen LogP contribution is 2.24. The van der Waals surface area contributed by atoms with Crippen LogP contribution in [0.15, 0.2) is 18.2 Å². The second-order valence-electron chi connectivity index (χ2n) is 5.22. The van der Waals surface area contributed by atoms with Gasteiger partial charge in [-0.15, -0.1) is 0 Å². The summed E-state index contributed by atoms with van der Waals surface area (Å²) in [7, 11) is 2.09. The number of carbonyl (C=O) groups is 1. The topological polar surface area (TPSA) is 78.6 Å². The number of nitrogens with zero attached hydrogens (tertiary/aromatic N) is 1. The molecule has 1 aromatic rings. The molecule has 5 heteroatoms. The third-order valence-corrected chi connectivity index (χ3v) is 3.59. The number of amides is 1. The van der Waals surface area contributed by atoms with Crippen molar-refractivity contribution in [2.24, 2.45) is 5.92 Å². The highest BCUT2D eigenvalue weighted by Gasteiger charge is 2.19. The van der Waals surface area contributed by atoms with Crippen LogP contribution in [0, 0.1) is 5.92 Å². The van der Waals surface area contributed by atoms with Gasteiger partial charge in [0.25, 0.3) is 5.91 Å². The number of aromatic hydroxyl groups is 1. The third kappa shape index (κ3) is 3.38. The van der Waals surface area contributed by atoms with Crippen molar-refractivity contribution in [2.75, 3.05) is 32.4 Å². The van der Waals surface area contributed by atoms with Crippen molar-refractivity contribution < 1.29 is 9.90 Å². The van der Waals surface area contributed by atoms with Gasteiger partial charge in [-0.3, -0.25) is 4.79 Å². The van der Waals surface area contributed by atoms with E-state index in [1.807, 2.05) is 0 Å². The van der Waals surface area contributed by atoms with Gasteiger partial charge in [-0.05, 0) is 44.5 Å². The number of piperidine rings is 1. The van der Waals surface area contributed by atoms with Gasteiger partial charge in [0.2, 0.25) is 0 Å². The van der Waals surface area contributed by atoms with Gasteiger partial charge < -0.3 is 21.1 Å². The number of benzene rings is 1. The van der Waals surface area contributed by atoms with Crippen molar-refractivity contribution in [1.82, 2.24) is 10.2 Å². The number of phenolic OH excluding ortho intramolecular Hbond substituents is 1. The molecule has 0 radical (unpaired) electrons. The molecule has 1 saturated heterocycles. The van der Waals surface area contributed by atoms with Crippen LogP contribution in [0.4, 0.5) is 5.69 Å². The number of nitrogen functional groups attached to an aromatic ring is 1. The molecule has 4 N–H and O–H groups in total. The molecule has 19 heavy (non-hydrogen) atoms. The fraction of sp³-hybridized carbons (Fsp3) is 0.500. The Morgan fingerprint density at radius 1 is 1.58 bits per heavy atom. The fourth-order valence-corrected chi connectivity index (χ4v) is 2.52. The van der Waals surface area contributed by atoms with E-state index in [4.69, 9.17) is 5.73 Å². The van der Waals surface area contributed by atoms with Crippen LogP contribution in [0.5, 0.6) is 5.75 Å². The summed E-state index contributed by atoms with van der Waals surface area (Å²) in [6.07, 6.45) is 2.30. The predicted molar refractivity (Wildman–Crippen MR) is 75.1 cm³/mol. The number of para-hydroxylation sites is 1. The monoisotopic (exact) mass is 263 g/mol. The zero-order valence-corrected chi connectivity index (χ0v) is 11.2. The minimum absolute atomic E-state index is 0.138. The van der Waals surface area contributed by atoms with E-state index in [1.54, 1.807) is 18.2 Å². The van der Waals surface area contributed by atoms with Crippen LogP contribution in [0.1, 0.15) is 23.2 Å². The molecule has 1 aliphatic rings. The van der Waals surface area contributed by atoms with Gasteiger partial charge >= 0.3 is 0 Å². The Hall–Kier alpha value is -1.75. The van der Waals surface area contributed by atoms with Crippen LogP contribution in [-0.4, -0.2) is 42.6 Å². The van der Waals surface area contributed by atoms with E-state index >= 15 is 0 Å². The van der Waals surface area contributed by atoms with Gasteiger partial charge in [0.15, 0.2) is 5.75 Å². The first kappa shape index (κ1) is 13.7. The van der Waals surface area contributed by atoms with E-state index in [9.17, 15) is 9.90 Å². The molecule has 1 atom stereocenters. The zero-order chi connectivity index (χ0) is 13.8. The lowest BCUT2D eigenvalue weighted by atomic mass is 9.98. The third-order valence-electron chi connectivity index (χ3n) is 3.59. The van der Waals surface area contributed by atoms with Crippen molar-refractivity contribution in [3.8, 4) is 5.75 Å².